The molecule has 1 aromatic heterocycles. The van der Waals surface area contributed by atoms with E-state index in [0.717, 1.165) is 36.1 Å². The lowest BCUT2D eigenvalue weighted by Gasteiger charge is -2.17. The molecular weight excluding hydrogens is 458 g/mol. The van der Waals surface area contributed by atoms with E-state index in [-0.39, 0.29) is 29.8 Å². The van der Waals surface area contributed by atoms with E-state index in [1.54, 1.807) is 0 Å². The maximum atomic E-state index is 13.0. The van der Waals surface area contributed by atoms with Gasteiger partial charge < -0.3 is 15.2 Å². The molecule has 2 aromatic rings. The van der Waals surface area contributed by atoms with Gasteiger partial charge in [0.2, 0.25) is 0 Å². The number of benzene rings is 1. The Labute approximate surface area is 177 Å². The van der Waals surface area contributed by atoms with E-state index in [0.29, 0.717) is 12.6 Å². The Morgan fingerprint density at radius 1 is 1.22 bits per heavy atom. The molecule has 8 heteroatoms. The highest BCUT2D eigenvalue weighted by Gasteiger charge is 2.16. The van der Waals surface area contributed by atoms with Gasteiger partial charge in [0.1, 0.15) is 18.2 Å². The van der Waals surface area contributed by atoms with Gasteiger partial charge in [-0.2, -0.15) is 0 Å². The van der Waals surface area contributed by atoms with Crippen molar-refractivity contribution in [1.29, 1.82) is 0 Å². The third kappa shape index (κ3) is 6.44. The van der Waals surface area contributed by atoms with Crippen LogP contribution in [0.5, 0.6) is 0 Å². The van der Waals surface area contributed by atoms with Gasteiger partial charge in [0.25, 0.3) is 0 Å². The SMILES string of the molecule is Cc1nnc(CN=C(NCCc2ccc(F)cc2)NC2CCCC2)n1C.I. The van der Waals surface area contributed by atoms with Crippen LogP contribution in [-0.4, -0.2) is 33.3 Å². The highest BCUT2D eigenvalue weighted by molar-refractivity contribution is 14.0. The average Bonchev–Trinajstić information content (AvgIpc) is 3.25. The zero-order chi connectivity index (χ0) is 18.4. The van der Waals surface area contributed by atoms with Crippen LogP contribution in [0.15, 0.2) is 29.3 Å². The molecule has 1 aliphatic carbocycles. The van der Waals surface area contributed by atoms with Crippen LogP contribution in [0.3, 0.4) is 0 Å². The van der Waals surface area contributed by atoms with E-state index in [1.807, 2.05) is 30.7 Å². The molecular formula is C19H28FIN6. The van der Waals surface area contributed by atoms with Gasteiger partial charge in [-0.3, -0.25) is 0 Å². The van der Waals surface area contributed by atoms with Gasteiger partial charge in [-0.05, 0) is 43.9 Å². The Hall–Kier alpha value is -1.71. The largest absolute Gasteiger partial charge is 0.356 e. The summed E-state index contributed by atoms with van der Waals surface area (Å²) >= 11 is 0. The topological polar surface area (TPSA) is 67.1 Å². The molecule has 1 saturated carbocycles. The van der Waals surface area contributed by atoms with Crippen molar-refractivity contribution < 1.29 is 4.39 Å². The number of aromatic nitrogens is 3. The van der Waals surface area contributed by atoms with E-state index in [2.05, 4.69) is 25.8 Å². The first-order chi connectivity index (χ1) is 12.6. The first-order valence-electron chi connectivity index (χ1n) is 9.26. The third-order valence-electron chi connectivity index (χ3n) is 4.88. The van der Waals surface area contributed by atoms with Crippen LogP contribution in [0.1, 0.15) is 42.9 Å². The fourth-order valence-corrected chi connectivity index (χ4v) is 3.13. The number of aryl methyl sites for hydroxylation is 1. The molecule has 0 aliphatic heterocycles. The molecule has 0 saturated heterocycles. The van der Waals surface area contributed by atoms with E-state index in [1.165, 1.54) is 37.8 Å². The van der Waals surface area contributed by atoms with Crippen molar-refractivity contribution in [3.05, 3.63) is 47.3 Å². The van der Waals surface area contributed by atoms with Gasteiger partial charge in [-0.25, -0.2) is 9.38 Å². The zero-order valence-electron chi connectivity index (χ0n) is 15.9. The van der Waals surface area contributed by atoms with Gasteiger partial charge >= 0.3 is 0 Å². The Morgan fingerprint density at radius 3 is 2.56 bits per heavy atom. The summed E-state index contributed by atoms with van der Waals surface area (Å²) in [5.41, 5.74) is 1.10. The van der Waals surface area contributed by atoms with E-state index in [4.69, 9.17) is 0 Å². The Balaban J connectivity index is 0.00000261. The maximum absolute atomic E-state index is 13.0. The molecule has 2 N–H and O–H groups in total. The number of hydrogen-bond donors (Lipinski definition) is 2. The lowest BCUT2D eigenvalue weighted by molar-refractivity contribution is 0.609. The van der Waals surface area contributed by atoms with Crippen molar-refractivity contribution in [2.24, 2.45) is 12.0 Å². The summed E-state index contributed by atoms with van der Waals surface area (Å²) in [4.78, 5) is 4.69. The van der Waals surface area contributed by atoms with Crippen molar-refractivity contribution in [1.82, 2.24) is 25.4 Å². The van der Waals surface area contributed by atoms with Crippen molar-refractivity contribution in [2.75, 3.05) is 6.54 Å². The minimum absolute atomic E-state index is 0. The molecule has 1 fully saturated rings. The normalized spacial score (nSPS) is 14.9. The molecule has 0 atom stereocenters. The van der Waals surface area contributed by atoms with Crippen LogP contribution >= 0.6 is 24.0 Å². The van der Waals surface area contributed by atoms with Crippen LogP contribution in [0.25, 0.3) is 0 Å². The van der Waals surface area contributed by atoms with Gasteiger partial charge in [-0.15, -0.1) is 34.2 Å². The monoisotopic (exact) mass is 486 g/mol. The summed E-state index contributed by atoms with van der Waals surface area (Å²) in [5, 5.41) is 15.2. The van der Waals surface area contributed by atoms with E-state index in [9.17, 15) is 4.39 Å². The lowest BCUT2D eigenvalue weighted by atomic mass is 10.1. The predicted octanol–water partition coefficient (Wildman–Crippen LogP) is 3.10. The van der Waals surface area contributed by atoms with Gasteiger partial charge in [0.05, 0.1) is 0 Å². The fraction of sp³-hybridized carbons (Fsp3) is 0.526. The minimum Gasteiger partial charge on any atom is -0.356 e. The number of hydrogen-bond acceptors (Lipinski definition) is 3. The molecule has 0 radical (unpaired) electrons. The molecule has 148 valence electrons. The van der Waals surface area contributed by atoms with Crippen molar-refractivity contribution in [3.8, 4) is 0 Å². The molecule has 3 rings (SSSR count). The lowest BCUT2D eigenvalue weighted by Crippen LogP contribution is -2.43. The van der Waals surface area contributed by atoms with Crippen LogP contribution in [0.4, 0.5) is 4.39 Å². The Morgan fingerprint density at radius 2 is 1.93 bits per heavy atom. The molecule has 0 bridgehead atoms. The number of nitrogens with zero attached hydrogens (tertiary/aromatic N) is 4. The highest BCUT2D eigenvalue weighted by Crippen LogP contribution is 2.17. The summed E-state index contributed by atoms with van der Waals surface area (Å²) in [6.07, 6.45) is 5.71. The van der Waals surface area contributed by atoms with Gasteiger partial charge in [0.15, 0.2) is 11.8 Å². The summed E-state index contributed by atoms with van der Waals surface area (Å²) in [7, 11) is 1.95. The van der Waals surface area contributed by atoms with Crippen LogP contribution < -0.4 is 10.6 Å². The average molecular weight is 486 g/mol. The fourth-order valence-electron chi connectivity index (χ4n) is 3.13. The number of aliphatic imine (C=N–C) groups is 1. The van der Waals surface area contributed by atoms with Crippen LogP contribution in [-0.2, 0) is 20.0 Å². The molecule has 27 heavy (non-hydrogen) atoms. The van der Waals surface area contributed by atoms with Crippen molar-refractivity contribution >= 4 is 29.9 Å². The summed E-state index contributed by atoms with van der Waals surface area (Å²) in [6.45, 7) is 3.15. The molecule has 0 spiro atoms. The van der Waals surface area contributed by atoms with Crippen molar-refractivity contribution in [2.45, 2.75) is 51.6 Å². The van der Waals surface area contributed by atoms with E-state index >= 15 is 0 Å². The van der Waals surface area contributed by atoms with Crippen molar-refractivity contribution in [3.63, 3.8) is 0 Å². The second-order valence-electron chi connectivity index (χ2n) is 6.82. The first kappa shape index (κ1) is 21.6. The number of nitrogens with one attached hydrogen (secondary N) is 2. The molecule has 1 heterocycles. The quantitative estimate of drug-likeness (QED) is 0.374. The third-order valence-corrected chi connectivity index (χ3v) is 4.88. The van der Waals surface area contributed by atoms with Crippen LogP contribution in [0.2, 0.25) is 0 Å². The summed E-state index contributed by atoms with van der Waals surface area (Å²) in [6, 6.07) is 7.11. The van der Waals surface area contributed by atoms with Gasteiger partial charge in [0, 0.05) is 19.6 Å². The Bertz CT molecular complexity index is 737. The minimum atomic E-state index is -0.203. The standard InChI is InChI=1S/C19H27FN6.HI/c1-14-24-25-18(26(14)2)13-22-19(23-17-5-3-4-6-17)21-12-11-15-7-9-16(20)10-8-15;/h7-10,17H,3-6,11-13H2,1-2H3,(H2,21,22,23);1H. The predicted molar refractivity (Wildman–Crippen MR) is 116 cm³/mol. The number of rotatable bonds is 6. The molecule has 0 amide bonds. The number of guanidine groups is 1. The molecule has 1 aromatic carbocycles. The molecule has 1 aliphatic rings. The second kappa shape index (κ2) is 10.6. The van der Waals surface area contributed by atoms with Gasteiger partial charge in [-0.1, -0.05) is 25.0 Å². The first-order valence-corrected chi connectivity index (χ1v) is 9.26. The second-order valence-corrected chi connectivity index (χ2v) is 6.82. The zero-order valence-corrected chi connectivity index (χ0v) is 18.2. The highest BCUT2D eigenvalue weighted by atomic mass is 127. The maximum Gasteiger partial charge on any atom is 0.191 e. The number of halogens is 2. The molecule has 0 unspecified atom stereocenters. The van der Waals surface area contributed by atoms with E-state index < -0.39 is 0 Å². The summed E-state index contributed by atoms with van der Waals surface area (Å²) < 4.78 is 15.0. The van der Waals surface area contributed by atoms with Crippen LogP contribution in [0, 0.1) is 12.7 Å². The Kier molecular flexibility index (Phi) is 8.46. The summed E-state index contributed by atoms with van der Waals surface area (Å²) in [5.74, 6) is 2.32. The molecule has 6 nitrogen and oxygen atoms in total. The smallest absolute Gasteiger partial charge is 0.191 e.